The molecule has 0 amide bonds. The van der Waals surface area contributed by atoms with Gasteiger partial charge in [-0.2, -0.15) is 0 Å². The van der Waals surface area contributed by atoms with Gasteiger partial charge in [-0.1, -0.05) is 90.1 Å². The van der Waals surface area contributed by atoms with Gasteiger partial charge in [0.1, 0.15) is 17.3 Å². The summed E-state index contributed by atoms with van der Waals surface area (Å²) in [4.78, 5) is 9.58. The molecule has 0 saturated carbocycles. The number of benzene rings is 5. The summed E-state index contributed by atoms with van der Waals surface area (Å²) in [6, 6.07) is 43.4. The first-order valence-electron chi connectivity index (χ1n) is 17.5. The second-order valence-corrected chi connectivity index (χ2v) is 15.6. The van der Waals surface area contributed by atoms with E-state index in [1.54, 1.807) is 0 Å². The molecule has 0 aliphatic carbocycles. The molecule has 0 unspecified atom stereocenters. The fourth-order valence-corrected chi connectivity index (χ4v) is 7.10. The van der Waals surface area contributed by atoms with E-state index < -0.39 is 0 Å². The van der Waals surface area contributed by atoms with Crippen LogP contribution in [0.1, 0.15) is 52.7 Å². The highest BCUT2D eigenvalue weighted by Gasteiger charge is 2.26. The lowest BCUT2D eigenvalue weighted by atomic mass is 9.86. The van der Waals surface area contributed by atoms with Crippen LogP contribution in [-0.2, 0) is 10.8 Å². The van der Waals surface area contributed by atoms with Crippen molar-refractivity contribution in [2.45, 2.75) is 52.4 Å². The summed E-state index contributed by atoms with van der Waals surface area (Å²) in [7, 11) is 2.15. The molecule has 1 aliphatic heterocycles. The predicted molar refractivity (Wildman–Crippen MR) is 210 cm³/mol. The molecule has 250 valence electrons. The molecule has 5 heteroatoms. The Morgan fingerprint density at radius 2 is 1.32 bits per heavy atom. The van der Waals surface area contributed by atoms with E-state index in [9.17, 15) is 0 Å². The molecular formula is C45H44N4O. The van der Waals surface area contributed by atoms with E-state index in [2.05, 4.69) is 184 Å². The van der Waals surface area contributed by atoms with E-state index in [-0.39, 0.29) is 10.8 Å². The van der Waals surface area contributed by atoms with Crippen molar-refractivity contribution in [3.05, 3.63) is 139 Å². The van der Waals surface area contributed by atoms with E-state index in [4.69, 9.17) is 9.72 Å². The number of pyridine rings is 1. The van der Waals surface area contributed by atoms with E-state index >= 15 is 0 Å². The third-order valence-electron chi connectivity index (χ3n) is 9.93. The second kappa shape index (κ2) is 11.8. The quantitative estimate of drug-likeness (QED) is 0.185. The van der Waals surface area contributed by atoms with Gasteiger partial charge in [-0.25, -0.2) is 4.98 Å². The zero-order valence-electron chi connectivity index (χ0n) is 30.0. The molecule has 0 atom stereocenters. The Bertz CT molecular complexity index is 2380. The second-order valence-electron chi connectivity index (χ2n) is 15.6. The maximum atomic E-state index is 6.82. The largest absolute Gasteiger partial charge is 0.457 e. The number of aromatic nitrogens is 2. The Morgan fingerprint density at radius 3 is 2.08 bits per heavy atom. The Labute approximate surface area is 295 Å². The molecule has 0 saturated heterocycles. The number of hydrogen-bond acceptors (Lipinski definition) is 4. The summed E-state index contributed by atoms with van der Waals surface area (Å²) in [5, 5.41) is 2.35. The molecule has 0 N–H and O–H groups in total. The first-order valence-corrected chi connectivity index (χ1v) is 17.5. The minimum absolute atomic E-state index is 0.00829. The fraction of sp³-hybridized carbons (Fsp3) is 0.222. The molecule has 3 heterocycles. The summed E-state index contributed by atoms with van der Waals surface area (Å²) in [6.07, 6.45) is 1.93. The molecule has 2 aromatic heterocycles. The normalized spacial score (nSPS) is 13.3. The van der Waals surface area contributed by atoms with Gasteiger partial charge in [0.25, 0.3) is 0 Å². The van der Waals surface area contributed by atoms with Gasteiger partial charge in [0, 0.05) is 41.8 Å². The van der Waals surface area contributed by atoms with Crippen molar-refractivity contribution in [1.29, 1.82) is 0 Å². The highest BCUT2D eigenvalue weighted by Crippen LogP contribution is 2.43. The van der Waals surface area contributed by atoms with Crippen molar-refractivity contribution >= 4 is 38.9 Å². The fourth-order valence-electron chi connectivity index (χ4n) is 7.10. The van der Waals surface area contributed by atoms with Crippen molar-refractivity contribution in [2.24, 2.45) is 0 Å². The minimum Gasteiger partial charge on any atom is -0.457 e. The lowest BCUT2D eigenvalue weighted by Gasteiger charge is -2.25. The Hall–Kier alpha value is -5.55. The van der Waals surface area contributed by atoms with E-state index in [0.29, 0.717) is 0 Å². The first kappa shape index (κ1) is 31.7. The van der Waals surface area contributed by atoms with Crippen LogP contribution in [0.4, 0.5) is 17.1 Å². The Morgan fingerprint density at radius 1 is 0.580 bits per heavy atom. The van der Waals surface area contributed by atoms with Gasteiger partial charge in [0.05, 0.1) is 29.1 Å². The average Bonchev–Trinajstić information content (AvgIpc) is 3.61. The highest BCUT2D eigenvalue weighted by molar-refractivity contribution is 6.10. The maximum absolute atomic E-state index is 6.82. The summed E-state index contributed by atoms with van der Waals surface area (Å²) in [6.45, 7) is 14.3. The highest BCUT2D eigenvalue weighted by atomic mass is 16.5. The van der Waals surface area contributed by atoms with Crippen molar-refractivity contribution in [2.75, 3.05) is 23.5 Å². The monoisotopic (exact) mass is 656 g/mol. The molecule has 50 heavy (non-hydrogen) atoms. The van der Waals surface area contributed by atoms with Crippen LogP contribution in [0, 0.1) is 0 Å². The van der Waals surface area contributed by atoms with Crippen LogP contribution < -0.4 is 14.5 Å². The maximum Gasteiger partial charge on any atom is 0.137 e. The van der Waals surface area contributed by atoms with Gasteiger partial charge >= 0.3 is 0 Å². The standard InChI is InChI=1S/C45H44N4O/c1-44(2,3)32-21-22-46-43(26-32)49-39-20-17-31(30-13-9-8-10-14-30)23-38(39)37-19-18-35(28-42(37)49)50-36-25-33(45(4,5)6)24-34(27-36)48-29-47(7)40-15-11-12-16-41(40)48/h8-28H,29H2,1-7H3. The molecule has 7 aromatic rings. The average molecular weight is 657 g/mol. The number of rotatable bonds is 5. The van der Waals surface area contributed by atoms with Crippen LogP contribution in [-0.4, -0.2) is 23.3 Å². The summed E-state index contributed by atoms with van der Waals surface area (Å²) >= 11 is 0. The van der Waals surface area contributed by atoms with Gasteiger partial charge in [0.15, 0.2) is 0 Å². The van der Waals surface area contributed by atoms with Gasteiger partial charge in [-0.05, 0) is 93.7 Å². The molecular weight excluding hydrogens is 613 g/mol. The summed E-state index contributed by atoms with van der Waals surface area (Å²) in [5.41, 5.74) is 10.5. The number of nitrogens with zero attached hydrogens (tertiary/aromatic N) is 4. The van der Waals surface area contributed by atoms with E-state index in [0.717, 1.165) is 46.1 Å². The minimum atomic E-state index is -0.0597. The number of hydrogen-bond donors (Lipinski definition) is 0. The van der Waals surface area contributed by atoms with Crippen molar-refractivity contribution in [3.63, 3.8) is 0 Å². The zero-order valence-corrected chi connectivity index (χ0v) is 30.0. The molecule has 0 radical (unpaired) electrons. The number of fused-ring (bicyclic) bond motifs is 4. The van der Waals surface area contributed by atoms with Crippen LogP contribution >= 0.6 is 0 Å². The summed E-state index contributed by atoms with van der Waals surface area (Å²) in [5.74, 6) is 2.50. The van der Waals surface area contributed by atoms with Crippen LogP contribution in [0.2, 0.25) is 0 Å². The SMILES string of the molecule is CN1CN(c2cc(Oc3ccc4c5cc(-c6ccccc6)ccc5n(-c5cc(C(C)(C)C)ccn5)c4c3)cc(C(C)(C)C)c2)c2ccccc21. The van der Waals surface area contributed by atoms with Gasteiger partial charge in [-0.15, -0.1) is 0 Å². The van der Waals surface area contributed by atoms with Gasteiger partial charge in [-0.3, -0.25) is 4.57 Å². The van der Waals surface area contributed by atoms with Crippen molar-refractivity contribution < 1.29 is 4.74 Å². The van der Waals surface area contributed by atoms with E-state index in [1.807, 2.05) is 6.20 Å². The smallest absolute Gasteiger partial charge is 0.137 e. The first-order chi connectivity index (χ1) is 23.9. The van der Waals surface area contributed by atoms with Crippen LogP contribution in [0.25, 0.3) is 38.8 Å². The lowest BCUT2D eigenvalue weighted by molar-refractivity contribution is 0.479. The molecule has 0 fully saturated rings. The van der Waals surface area contributed by atoms with Crippen molar-refractivity contribution in [3.8, 4) is 28.4 Å². The van der Waals surface area contributed by atoms with Crippen LogP contribution in [0.15, 0.2) is 128 Å². The molecule has 5 aromatic carbocycles. The third kappa shape index (κ3) is 5.67. The predicted octanol–water partition coefficient (Wildman–Crippen LogP) is 11.8. The number of para-hydroxylation sites is 2. The van der Waals surface area contributed by atoms with E-state index in [1.165, 1.54) is 39.0 Å². The Kier molecular flexibility index (Phi) is 7.48. The molecule has 8 rings (SSSR count). The summed E-state index contributed by atoms with van der Waals surface area (Å²) < 4.78 is 9.11. The molecule has 0 spiro atoms. The number of ether oxygens (including phenoxy) is 1. The molecule has 5 nitrogen and oxygen atoms in total. The Balaban J connectivity index is 1.27. The topological polar surface area (TPSA) is 33.5 Å². The van der Waals surface area contributed by atoms with Crippen LogP contribution in [0.5, 0.6) is 11.5 Å². The zero-order chi connectivity index (χ0) is 34.8. The van der Waals surface area contributed by atoms with Crippen molar-refractivity contribution in [1.82, 2.24) is 9.55 Å². The van der Waals surface area contributed by atoms with Gasteiger partial charge < -0.3 is 14.5 Å². The number of anilines is 3. The molecule has 0 bridgehead atoms. The van der Waals surface area contributed by atoms with Gasteiger partial charge in [0.2, 0.25) is 0 Å². The lowest BCUT2D eigenvalue weighted by Crippen LogP contribution is -2.24. The van der Waals surface area contributed by atoms with Crippen LogP contribution in [0.3, 0.4) is 0 Å². The third-order valence-corrected chi connectivity index (χ3v) is 9.93. The molecule has 1 aliphatic rings.